The lowest BCUT2D eigenvalue weighted by Gasteiger charge is -2.37. The van der Waals surface area contributed by atoms with Crippen molar-refractivity contribution >= 4 is 45.7 Å². The number of rotatable bonds is 13. The molecule has 5 N–H and O–H groups in total. The fourth-order valence-electron chi connectivity index (χ4n) is 6.68. The van der Waals surface area contributed by atoms with Gasteiger partial charge in [-0.15, -0.1) is 0 Å². The number of hydrogen-bond acceptors (Lipinski definition) is 9. The fraction of sp³-hybridized carbons (Fsp3) is 0.676. The zero-order valence-corrected chi connectivity index (χ0v) is 33.5. The zero-order valence-electron chi connectivity index (χ0n) is 32.6. The summed E-state index contributed by atoms with van der Waals surface area (Å²) in [5.74, 6) is -3.34. The van der Waals surface area contributed by atoms with E-state index < -0.39 is 86.8 Å². The molecule has 2 aliphatic heterocycles. The maximum atomic E-state index is 14.5. The van der Waals surface area contributed by atoms with Crippen LogP contribution in [0.2, 0.25) is 0 Å². The van der Waals surface area contributed by atoms with Gasteiger partial charge in [0.25, 0.3) is 5.91 Å². The van der Waals surface area contributed by atoms with Crippen LogP contribution >= 0.6 is 0 Å². The van der Waals surface area contributed by atoms with Gasteiger partial charge in [0.15, 0.2) is 0 Å². The van der Waals surface area contributed by atoms with E-state index in [1.54, 1.807) is 25.7 Å². The van der Waals surface area contributed by atoms with Crippen LogP contribution in [-0.4, -0.2) is 121 Å². The summed E-state index contributed by atoms with van der Waals surface area (Å²) in [7, 11) is -2.15. The number of carbonyl (C=O) groups excluding carboxylic acids is 6. The summed E-state index contributed by atoms with van der Waals surface area (Å²) in [4.78, 5) is 83.0. The van der Waals surface area contributed by atoms with Gasteiger partial charge in [0, 0.05) is 39.1 Å². The zero-order chi connectivity index (χ0) is 40.3. The number of fused-ring (bicyclic) bond motifs is 1. The lowest BCUT2D eigenvalue weighted by atomic mass is 9.85. The van der Waals surface area contributed by atoms with Crippen molar-refractivity contribution in [3.05, 3.63) is 35.4 Å². The number of benzene rings is 1. The van der Waals surface area contributed by atoms with Gasteiger partial charge in [-0.25, -0.2) is 22.3 Å². The van der Waals surface area contributed by atoms with Crippen LogP contribution in [0.25, 0.3) is 0 Å². The van der Waals surface area contributed by atoms with Crippen molar-refractivity contribution in [3.8, 4) is 0 Å². The molecule has 17 heteroatoms. The van der Waals surface area contributed by atoms with E-state index in [4.69, 9.17) is 10.5 Å². The molecule has 4 rings (SSSR count). The van der Waals surface area contributed by atoms with Crippen LogP contribution in [0.5, 0.6) is 0 Å². The van der Waals surface area contributed by atoms with Gasteiger partial charge in [0.1, 0.15) is 18.2 Å². The Balaban J connectivity index is 1.57. The third-order valence-corrected chi connectivity index (χ3v) is 11.7. The summed E-state index contributed by atoms with van der Waals surface area (Å²) in [5.41, 5.74) is 5.97. The van der Waals surface area contributed by atoms with Gasteiger partial charge in [-0.2, -0.15) is 0 Å². The van der Waals surface area contributed by atoms with E-state index in [2.05, 4.69) is 16.0 Å². The van der Waals surface area contributed by atoms with E-state index in [0.29, 0.717) is 19.5 Å². The highest BCUT2D eigenvalue weighted by atomic mass is 32.2. The average molecular weight is 776 g/mol. The van der Waals surface area contributed by atoms with E-state index in [0.717, 1.165) is 34.5 Å². The van der Waals surface area contributed by atoms with Gasteiger partial charge in [-0.3, -0.25) is 19.2 Å². The van der Waals surface area contributed by atoms with Crippen molar-refractivity contribution in [1.82, 2.24) is 30.1 Å². The van der Waals surface area contributed by atoms with E-state index in [1.165, 1.54) is 11.9 Å². The second-order valence-corrected chi connectivity index (χ2v) is 19.1. The number of primary amides is 1. The van der Waals surface area contributed by atoms with Crippen molar-refractivity contribution in [1.29, 1.82) is 0 Å². The predicted molar refractivity (Wildman–Crippen MR) is 200 cm³/mol. The summed E-state index contributed by atoms with van der Waals surface area (Å²) in [6.45, 7) is 11.3. The Bertz CT molecular complexity index is 1720. The number of urea groups is 1. The highest BCUT2D eigenvalue weighted by Gasteiger charge is 2.47. The van der Waals surface area contributed by atoms with Crippen LogP contribution in [0.15, 0.2) is 24.3 Å². The van der Waals surface area contributed by atoms with Crippen LogP contribution in [0.4, 0.5) is 9.59 Å². The Hall–Kier alpha value is -4.25. The number of likely N-dealkylation sites (tertiary alicyclic amines) is 1. The summed E-state index contributed by atoms with van der Waals surface area (Å²) < 4.78 is 31.4. The number of nitrogens with two attached hydrogens (primary N) is 1. The van der Waals surface area contributed by atoms with E-state index in [1.807, 2.05) is 45.0 Å². The largest absolute Gasteiger partial charge is 0.444 e. The monoisotopic (exact) mass is 775 g/mol. The molecule has 2 fully saturated rings. The van der Waals surface area contributed by atoms with Crippen LogP contribution in [-0.2, 0) is 46.9 Å². The maximum absolute atomic E-state index is 14.5. The van der Waals surface area contributed by atoms with Crippen molar-refractivity contribution in [2.45, 2.75) is 110 Å². The Labute approximate surface area is 318 Å². The third kappa shape index (κ3) is 11.1. The number of carbonyl (C=O) groups is 6. The van der Waals surface area contributed by atoms with E-state index in [-0.39, 0.29) is 31.8 Å². The van der Waals surface area contributed by atoms with Crippen LogP contribution in [0.1, 0.15) is 78.4 Å². The predicted octanol–water partition coefficient (Wildman–Crippen LogP) is 1.51. The van der Waals surface area contributed by atoms with Gasteiger partial charge < -0.3 is 36.2 Å². The molecule has 16 nitrogen and oxygen atoms in total. The number of nitrogens with one attached hydrogen (secondary N) is 3. The molecule has 0 spiro atoms. The van der Waals surface area contributed by atoms with Crippen molar-refractivity contribution in [2.75, 3.05) is 32.9 Å². The van der Waals surface area contributed by atoms with Crippen LogP contribution < -0.4 is 21.7 Å². The van der Waals surface area contributed by atoms with Crippen LogP contribution in [0, 0.1) is 16.7 Å². The molecule has 1 aliphatic carbocycles. The van der Waals surface area contributed by atoms with Gasteiger partial charge in [0.05, 0.1) is 18.8 Å². The number of Topliss-reactive ketones (excluding diaryl/α,β-unsaturated/α-hetero) is 1. The number of hydrogen-bond donors (Lipinski definition) is 4. The van der Waals surface area contributed by atoms with Crippen molar-refractivity contribution < 1.29 is 41.9 Å². The summed E-state index contributed by atoms with van der Waals surface area (Å²) in [6, 6.07) is 2.80. The first-order valence-electron chi connectivity index (χ1n) is 18.4. The molecule has 5 atom stereocenters. The van der Waals surface area contributed by atoms with Gasteiger partial charge in [-0.05, 0) is 40.7 Å². The summed E-state index contributed by atoms with van der Waals surface area (Å²) in [6.07, 6.45) is 2.01. The molecule has 54 heavy (non-hydrogen) atoms. The Kier molecular flexibility index (Phi) is 13.1. The van der Waals surface area contributed by atoms with Gasteiger partial charge in [0.2, 0.25) is 27.6 Å². The molecule has 1 aromatic rings. The smallest absolute Gasteiger partial charge is 0.410 e. The lowest BCUT2D eigenvalue weighted by Crippen LogP contribution is -2.61. The Morgan fingerprint density at radius 3 is 2.15 bits per heavy atom. The quantitative estimate of drug-likeness (QED) is 0.213. The molecule has 0 aromatic heterocycles. The number of sulfonamides is 1. The Morgan fingerprint density at radius 2 is 1.59 bits per heavy atom. The Morgan fingerprint density at radius 1 is 0.963 bits per heavy atom. The minimum absolute atomic E-state index is 0.0278. The van der Waals surface area contributed by atoms with E-state index >= 15 is 0 Å². The van der Waals surface area contributed by atoms with Gasteiger partial charge in [-0.1, -0.05) is 78.6 Å². The SMILES string of the molecule is CN(C[C@@H](NC(=O)N[C@H](C(=O)N1C[C@H](OC(=O)N2CCc3ccccc3C2)CC1C(=O)NC(CC1CC1)C(=O)C(N)=O)C(C)(C)C)C(C)(C)C)S(C)(=O)=O. The molecule has 1 saturated carbocycles. The molecule has 1 saturated heterocycles. The molecule has 3 aliphatic rings. The number of ketones is 1. The molecule has 1 aromatic carbocycles. The first-order valence-corrected chi connectivity index (χ1v) is 20.3. The number of amides is 6. The standard InChI is InChI=1S/C37H57N7O9S/c1-36(2,3)28(21-42(7)54(8,51)52)40-34(49)41-30(37(4,5)6)33(48)44-20-25(53-35(50)43-16-15-23-11-9-10-12-24(23)19-43)18-27(44)32(47)39-26(17-22-13-14-22)29(45)31(38)46/h9-12,22,25-28,30H,13-21H2,1-8H3,(H2,38,46)(H,39,47)(H2,40,41,49)/t25-,26?,27?,28-,30-/m1/s1. The highest BCUT2D eigenvalue weighted by Crippen LogP contribution is 2.34. The summed E-state index contributed by atoms with van der Waals surface area (Å²) in [5, 5.41) is 8.24. The average Bonchev–Trinajstić information content (AvgIpc) is 3.79. The van der Waals surface area contributed by atoms with Crippen molar-refractivity contribution in [3.63, 3.8) is 0 Å². The second kappa shape index (κ2) is 16.6. The minimum Gasteiger partial charge on any atom is -0.444 e. The van der Waals surface area contributed by atoms with Crippen molar-refractivity contribution in [2.24, 2.45) is 22.5 Å². The number of likely N-dealkylation sites (N-methyl/N-ethyl adjacent to an activating group) is 1. The van der Waals surface area contributed by atoms with Gasteiger partial charge >= 0.3 is 12.1 Å². The van der Waals surface area contributed by atoms with Crippen LogP contribution in [0.3, 0.4) is 0 Å². The highest BCUT2D eigenvalue weighted by molar-refractivity contribution is 7.88. The normalized spacial score (nSPS) is 20.7. The topological polar surface area (TPSA) is 218 Å². The first-order chi connectivity index (χ1) is 24.9. The minimum atomic E-state index is -3.56. The van der Waals surface area contributed by atoms with E-state index in [9.17, 15) is 37.2 Å². The lowest BCUT2D eigenvalue weighted by molar-refractivity contribution is -0.143. The fourth-order valence-corrected chi connectivity index (χ4v) is 7.10. The third-order valence-electron chi connectivity index (χ3n) is 10.4. The molecular formula is C37H57N7O9S. The molecular weight excluding hydrogens is 719 g/mol. The molecule has 2 unspecified atom stereocenters. The molecule has 6 amide bonds. The maximum Gasteiger partial charge on any atom is 0.410 e. The summed E-state index contributed by atoms with van der Waals surface area (Å²) >= 11 is 0. The number of ether oxygens (including phenoxy) is 1. The molecule has 0 radical (unpaired) electrons. The molecule has 300 valence electrons. The molecule has 0 bridgehead atoms. The second-order valence-electron chi connectivity index (χ2n) is 17.0. The molecule has 2 heterocycles. The first kappa shape index (κ1) is 42.5. The number of nitrogens with zero attached hydrogens (tertiary/aromatic N) is 3.